The molecular weight excluding hydrogens is 216 g/mol. The minimum Gasteiger partial charge on any atom is -0.488 e. The van der Waals surface area contributed by atoms with E-state index < -0.39 is 5.97 Å². The molecule has 0 N–H and O–H groups in total. The summed E-state index contributed by atoms with van der Waals surface area (Å²) in [5.41, 5.74) is 0.524. The molecule has 1 aromatic carbocycles. The van der Waals surface area contributed by atoms with Crippen LogP contribution in [0.1, 0.15) is 26.3 Å². The minimum atomic E-state index is -0.542. The second kappa shape index (κ2) is 5.40. The van der Waals surface area contributed by atoms with E-state index in [1.165, 1.54) is 7.11 Å². The molecule has 1 rings (SSSR count). The van der Waals surface area contributed by atoms with Crippen molar-refractivity contribution in [2.24, 2.45) is 0 Å². The van der Waals surface area contributed by atoms with Gasteiger partial charge in [-0.05, 0) is 45.0 Å². The monoisotopic (exact) mass is 232 g/mol. The predicted octanol–water partition coefficient (Wildman–Crippen LogP) is 2.39. The standard InChI is InChI=1S/C14H16O3/c1-14(2,3)17-12-8-5-11(6-9-12)7-10-13(15)16-4/h5-6,8-9H,1-4H3. The fraction of sp³-hybridized carbons (Fsp3) is 0.357. The third-order valence-electron chi connectivity index (χ3n) is 1.77. The molecule has 0 fully saturated rings. The van der Waals surface area contributed by atoms with E-state index in [2.05, 4.69) is 16.6 Å². The van der Waals surface area contributed by atoms with Gasteiger partial charge in [0.05, 0.1) is 7.11 Å². The number of ether oxygens (including phenoxy) is 2. The number of hydrogen-bond acceptors (Lipinski definition) is 3. The number of rotatable bonds is 1. The van der Waals surface area contributed by atoms with Crippen LogP contribution in [0.15, 0.2) is 24.3 Å². The summed E-state index contributed by atoms with van der Waals surface area (Å²) in [5.74, 6) is 5.31. The molecule has 0 aromatic heterocycles. The normalized spacial score (nSPS) is 10.1. The smallest absolute Gasteiger partial charge is 0.384 e. The molecule has 3 heteroatoms. The first-order valence-corrected chi connectivity index (χ1v) is 5.30. The molecule has 0 saturated carbocycles. The number of esters is 1. The predicted molar refractivity (Wildman–Crippen MR) is 65.7 cm³/mol. The van der Waals surface area contributed by atoms with Gasteiger partial charge in [0.1, 0.15) is 11.4 Å². The number of hydrogen-bond donors (Lipinski definition) is 0. The lowest BCUT2D eigenvalue weighted by atomic mass is 10.2. The summed E-state index contributed by atoms with van der Waals surface area (Å²) < 4.78 is 10.1. The van der Waals surface area contributed by atoms with Crippen molar-refractivity contribution in [1.82, 2.24) is 0 Å². The Hall–Kier alpha value is -1.95. The molecule has 0 heterocycles. The third-order valence-corrected chi connectivity index (χ3v) is 1.77. The molecule has 0 spiro atoms. The van der Waals surface area contributed by atoms with Crippen molar-refractivity contribution in [2.75, 3.05) is 7.11 Å². The first-order valence-electron chi connectivity index (χ1n) is 5.30. The van der Waals surface area contributed by atoms with E-state index in [1.807, 2.05) is 32.9 Å². The lowest BCUT2D eigenvalue weighted by Crippen LogP contribution is -2.22. The van der Waals surface area contributed by atoms with E-state index in [-0.39, 0.29) is 5.60 Å². The van der Waals surface area contributed by atoms with Crippen LogP contribution in [0.25, 0.3) is 0 Å². The largest absolute Gasteiger partial charge is 0.488 e. The third kappa shape index (κ3) is 5.07. The number of carbonyl (C=O) groups is 1. The Morgan fingerprint density at radius 1 is 1.18 bits per heavy atom. The topological polar surface area (TPSA) is 35.5 Å². The fourth-order valence-corrected chi connectivity index (χ4v) is 1.13. The van der Waals surface area contributed by atoms with Crippen molar-refractivity contribution in [3.05, 3.63) is 29.8 Å². The van der Waals surface area contributed by atoms with Gasteiger partial charge < -0.3 is 9.47 Å². The van der Waals surface area contributed by atoms with Gasteiger partial charge in [-0.25, -0.2) is 4.79 Å². The van der Waals surface area contributed by atoms with Gasteiger partial charge in [0, 0.05) is 11.5 Å². The van der Waals surface area contributed by atoms with E-state index in [0.29, 0.717) is 0 Å². The van der Waals surface area contributed by atoms with E-state index in [1.54, 1.807) is 12.1 Å². The summed E-state index contributed by atoms with van der Waals surface area (Å²) in [6.45, 7) is 5.95. The lowest BCUT2D eigenvalue weighted by molar-refractivity contribution is -0.133. The molecule has 0 unspecified atom stereocenters. The molecule has 17 heavy (non-hydrogen) atoms. The van der Waals surface area contributed by atoms with E-state index >= 15 is 0 Å². The van der Waals surface area contributed by atoms with Crippen LogP contribution in [0.3, 0.4) is 0 Å². The first kappa shape index (κ1) is 13.1. The Morgan fingerprint density at radius 2 is 1.76 bits per heavy atom. The van der Waals surface area contributed by atoms with Gasteiger partial charge >= 0.3 is 5.97 Å². The first-order chi connectivity index (χ1) is 7.90. The van der Waals surface area contributed by atoms with Gasteiger partial charge in [0.25, 0.3) is 0 Å². The van der Waals surface area contributed by atoms with E-state index in [9.17, 15) is 4.79 Å². The summed E-state index contributed by atoms with van der Waals surface area (Å²) in [7, 11) is 1.30. The molecular formula is C14H16O3. The summed E-state index contributed by atoms with van der Waals surface area (Å²) in [6.07, 6.45) is 0. The van der Waals surface area contributed by atoms with Crippen LogP contribution in [0.5, 0.6) is 5.75 Å². The quantitative estimate of drug-likeness (QED) is 0.551. The van der Waals surface area contributed by atoms with Crippen LogP contribution >= 0.6 is 0 Å². The van der Waals surface area contributed by atoms with Crippen LogP contribution < -0.4 is 4.74 Å². The Bertz CT molecular complexity index is 441. The highest BCUT2D eigenvalue weighted by Gasteiger charge is 2.10. The molecule has 1 aromatic rings. The number of benzene rings is 1. The molecule has 0 aliphatic carbocycles. The zero-order valence-electron chi connectivity index (χ0n) is 10.5. The molecule has 90 valence electrons. The van der Waals surface area contributed by atoms with E-state index in [0.717, 1.165) is 11.3 Å². The van der Waals surface area contributed by atoms with Crippen LogP contribution in [-0.4, -0.2) is 18.7 Å². The fourth-order valence-electron chi connectivity index (χ4n) is 1.13. The van der Waals surface area contributed by atoms with Crippen LogP contribution in [0.2, 0.25) is 0 Å². The van der Waals surface area contributed by atoms with Crippen LogP contribution in [-0.2, 0) is 9.53 Å². The number of carbonyl (C=O) groups excluding carboxylic acids is 1. The maximum absolute atomic E-state index is 10.8. The van der Waals surface area contributed by atoms with Gasteiger partial charge in [-0.3, -0.25) is 0 Å². The van der Waals surface area contributed by atoms with Gasteiger partial charge in [-0.2, -0.15) is 0 Å². The Kier molecular flexibility index (Phi) is 4.17. The molecule has 0 saturated heterocycles. The van der Waals surface area contributed by atoms with Crippen molar-refractivity contribution in [3.63, 3.8) is 0 Å². The maximum atomic E-state index is 10.8. The second-order valence-corrected chi connectivity index (χ2v) is 4.48. The lowest BCUT2D eigenvalue weighted by Gasteiger charge is -2.21. The van der Waals surface area contributed by atoms with Gasteiger partial charge in [0.2, 0.25) is 0 Å². The molecule has 0 amide bonds. The van der Waals surface area contributed by atoms with Crippen LogP contribution in [0, 0.1) is 11.8 Å². The molecule has 0 radical (unpaired) electrons. The minimum absolute atomic E-state index is 0.223. The number of methoxy groups -OCH3 is 1. The van der Waals surface area contributed by atoms with Crippen molar-refractivity contribution >= 4 is 5.97 Å². The second-order valence-electron chi connectivity index (χ2n) is 4.48. The maximum Gasteiger partial charge on any atom is 0.384 e. The molecule has 0 aliphatic rings. The van der Waals surface area contributed by atoms with Gasteiger partial charge in [-0.1, -0.05) is 5.92 Å². The summed E-state index contributed by atoms with van der Waals surface area (Å²) in [5, 5.41) is 0. The Labute approximate surface area is 102 Å². The Morgan fingerprint density at radius 3 is 2.24 bits per heavy atom. The molecule has 0 bridgehead atoms. The van der Waals surface area contributed by atoms with Gasteiger partial charge in [0.15, 0.2) is 0 Å². The highest BCUT2D eigenvalue weighted by molar-refractivity contribution is 5.88. The van der Waals surface area contributed by atoms with Gasteiger partial charge in [-0.15, -0.1) is 0 Å². The highest BCUT2D eigenvalue weighted by atomic mass is 16.5. The Balaban J connectivity index is 2.74. The summed E-state index contributed by atoms with van der Waals surface area (Å²) in [6, 6.07) is 7.26. The van der Waals surface area contributed by atoms with E-state index in [4.69, 9.17) is 4.74 Å². The highest BCUT2D eigenvalue weighted by Crippen LogP contribution is 2.17. The average molecular weight is 232 g/mol. The summed E-state index contributed by atoms with van der Waals surface area (Å²) >= 11 is 0. The zero-order chi connectivity index (χ0) is 12.9. The molecule has 3 nitrogen and oxygen atoms in total. The van der Waals surface area contributed by atoms with Crippen LogP contribution in [0.4, 0.5) is 0 Å². The van der Waals surface area contributed by atoms with Crippen molar-refractivity contribution in [1.29, 1.82) is 0 Å². The molecule has 0 aliphatic heterocycles. The zero-order valence-corrected chi connectivity index (χ0v) is 10.5. The van der Waals surface area contributed by atoms with Crippen molar-refractivity contribution < 1.29 is 14.3 Å². The molecule has 0 atom stereocenters. The summed E-state index contributed by atoms with van der Waals surface area (Å²) in [4.78, 5) is 10.8. The SMILES string of the molecule is COC(=O)C#Cc1ccc(OC(C)(C)C)cc1. The van der Waals surface area contributed by atoms with Crippen molar-refractivity contribution in [3.8, 4) is 17.6 Å². The van der Waals surface area contributed by atoms with Crippen molar-refractivity contribution in [2.45, 2.75) is 26.4 Å². The average Bonchev–Trinajstić information content (AvgIpc) is 2.25.